The van der Waals surface area contributed by atoms with Gasteiger partial charge in [-0.15, -0.1) is 0 Å². The summed E-state index contributed by atoms with van der Waals surface area (Å²) in [6.45, 7) is 2.36. The highest BCUT2D eigenvalue weighted by Gasteiger charge is 2.27. The third-order valence-electron chi connectivity index (χ3n) is 5.21. The standard InChI is InChI=1S/C22H19N3O4/c1-14(26)29-17-8-6-15(7-9-17)10-16-12-28-13-21-23-19-11-24(27)20-5-3-2-4-18(20)22(19)25(16)21/h2-9,11,16H,10,12-13H2,1H3/t16-/m0/s1. The molecule has 5 rings (SSSR count). The van der Waals surface area contributed by atoms with Gasteiger partial charge in [0.15, 0.2) is 5.52 Å². The fourth-order valence-electron chi connectivity index (χ4n) is 4.04. The second-order valence-corrected chi connectivity index (χ2v) is 7.21. The number of nitrogens with zero attached hydrogens (tertiary/aromatic N) is 3. The van der Waals surface area contributed by atoms with Crippen LogP contribution in [0.1, 0.15) is 24.4 Å². The second kappa shape index (κ2) is 6.86. The van der Waals surface area contributed by atoms with Crippen molar-refractivity contribution in [2.24, 2.45) is 0 Å². The monoisotopic (exact) mass is 389 g/mol. The van der Waals surface area contributed by atoms with E-state index in [-0.39, 0.29) is 12.0 Å². The summed E-state index contributed by atoms with van der Waals surface area (Å²) in [5.74, 6) is 1.01. The van der Waals surface area contributed by atoms with Gasteiger partial charge in [0.05, 0.1) is 23.6 Å². The fourth-order valence-corrected chi connectivity index (χ4v) is 4.04. The number of carbonyl (C=O) groups excluding carboxylic acids is 1. The molecular formula is C22H19N3O4. The van der Waals surface area contributed by atoms with Crippen molar-refractivity contribution in [3.05, 3.63) is 71.3 Å². The van der Waals surface area contributed by atoms with E-state index in [1.807, 2.05) is 36.4 Å². The molecule has 3 heterocycles. The molecule has 0 aliphatic carbocycles. The molecule has 7 heteroatoms. The van der Waals surface area contributed by atoms with Crippen LogP contribution >= 0.6 is 0 Å². The predicted octanol–water partition coefficient (Wildman–Crippen LogP) is 3.06. The summed E-state index contributed by atoms with van der Waals surface area (Å²) in [5, 5.41) is 13.3. The summed E-state index contributed by atoms with van der Waals surface area (Å²) in [7, 11) is 0. The molecule has 4 aromatic rings. The summed E-state index contributed by atoms with van der Waals surface area (Å²) in [5.41, 5.74) is 3.36. The molecule has 0 bridgehead atoms. The van der Waals surface area contributed by atoms with E-state index in [0.29, 0.717) is 30.0 Å². The van der Waals surface area contributed by atoms with Crippen molar-refractivity contribution in [3.63, 3.8) is 0 Å². The van der Waals surface area contributed by atoms with Crippen LogP contribution in [0.4, 0.5) is 0 Å². The summed E-state index contributed by atoms with van der Waals surface area (Å²) >= 11 is 0. The Kier molecular flexibility index (Phi) is 4.17. The third kappa shape index (κ3) is 3.09. The lowest BCUT2D eigenvalue weighted by molar-refractivity contribution is -0.575. The average molecular weight is 389 g/mol. The molecule has 2 aromatic carbocycles. The number of ether oxygens (including phenoxy) is 2. The molecule has 0 saturated carbocycles. The largest absolute Gasteiger partial charge is 0.618 e. The zero-order valence-corrected chi connectivity index (χ0v) is 15.9. The normalized spacial score (nSPS) is 16.1. The minimum Gasteiger partial charge on any atom is -0.618 e. The van der Waals surface area contributed by atoms with Crippen molar-refractivity contribution < 1.29 is 19.0 Å². The summed E-state index contributed by atoms with van der Waals surface area (Å²) in [4.78, 5) is 15.8. The Morgan fingerprint density at radius 3 is 2.86 bits per heavy atom. The van der Waals surface area contributed by atoms with Crippen LogP contribution in [0.25, 0.3) is 21.9 Å². The zero-order valence-electron chi connectivity index (χ0n) is 15.9. The first-order valence-corrected chi connectivity index (χ1v) is 9.47. The quantitative estimate of drug-likeness (QED) is 0.233. The van der Waals surface area contributed by atoms with E-state index < -0.39 is 0 Å². The average Bonchev–Trinajstić information content (AvgIpc) is 3.08. The van der Waals surface area contributed by atoms with E-state index >= 15 is 0 Å². The number of esters is 1. The maximum Gasteiger partial charge on any atom is 0.308 e. The number of hydrogen-bond donors (Lipinski definition) is 0. The lowest BCUT2D eigenvalue weighted by Crippen LogP contribution is -2.27. The molecule has 146 valence electrons. The second-order valence-electron chi connectivity index (χ2n) is 7.21. The van der Waals surface area contributed by atoms with Gasteiger partial charge in [-0.05, 0) is 30.2 Å². The first-order chi connectivity index (χ1) is 14.1. The number of fused-ring (bicyclic) bond motifs is 5. The Balaban J connectivity index is 1.57. The number of carbonyl (C=O) groups is 1. The van der Waals surface area contributed by atoms with Gasteiger partial charge in [-0.2, -0.15) is 4.73 Å². The Labute approximate surface area is 166 Å². The molecule has 1 aliphatic rings. The number of rotatable bonds is 3. The van der Waals surface area contributed by atoms with Gasteiger partial charge in [0.2, 0.25) is 11.7 Å². The number of hydrogen-bond acceptors (Lipinski definition) is 5. The molecule has 1 atom stereocenters. The summed E-state index contributed by atoms with van der Waals surface area (Å²) in [6.07, 6.45) is 2.27. The number of pyridine rings is 1. The van der Waals surface area contributed by atoms with Crippen molar-refractivity contribution in [1.82, 2.24) is 9.55 Å². The number of aromatic nitrogens is 3. The SMILES string of the molecule is CC(=O)Oc1ccc(C[C@H]2COCc3nc4c[n+]([O-])c5ccccc5c4n32)cc1. The van der Waals surface area contributed by atoms with Crippen LogP contribution in [-0.2, 0) is 22.6 Å². The van der Waals surface area contributed by atoms with Crippen LogP contribution in [0, 0.1) is 5.21 Å². The smallest absolute Gasteiger partial charge is 0.308 e. The summed E-state index contributed by atoms with van der Waals surface area (Å²) in [6, 6.07) is 15.1. The molecule has 0 spiro atoms. The number of imidazole rings is 1. The van der Waals surface area contributed by atoms with Crippen LogP contribution in [0.5, 0.6) is 5.75 Å². The topological polar surface area (TPSA) is 80.3 Å². The minimum absolute atomic E-state index is 0.0502. The highest BCUT2D eigenvalue weighted by Crippen LogP contribution is 2.32. The maximum atomic E-state index is 12.4. The van der Waals surface area contributed by atoms with Gasteiger partial charge in [-0.1, -0.05) is 24.3 Å². The molecule has 7 nitrogen and oxygen atoms in total. The number of para-hydroxylation sites is 1. The van der Waals surface area contributed by atoms with Crippen molar-refractivity contribution in [2.45, 2.75) is 26.0 Å². The van der Waals surface area contributed by atoms with E-state index in [9.17, 15) is 10.0 Å². The van der Waals surface area contributed by atoms with E-state index in [0.717, 1.165) is 33.4 Å². The Hall–Kier alpha value is -3.45. The lowest BCUT2D eigenvalue weighted by Gasteiger charge is -2.26. The van der Waals surface area contributed by atoms with Crippen LogP contribution in [0.3, 0.4) is 0 Å². The minimum atomic E-state index is -0.338. The van der Waals surface area contributed by atoms with Crippen molar-refractivity contribution in [3.8, 4) is 5.75 Å². The fraction of sp³-hybridized carbons (Fsp3) is 0.227. The summed E-state index contributed by atoms with van der Waals surface area (Å²) < 4.78 is 14.0. The van der Waals surface area contributed by atoms with Gasteiger partial charge in [-0.25, -0.2) is 4.98 Å². The zero-order chi connectivity index (χ0) is 20.0. The molecule has 2 aromatic heterocycles. The van der Waals surface area contributed by atoms with Crippen molar-refractivity contribution >= 4 is 27.9 Å². The first kappa shape index (κ1) is 17.6. The van der Waals surface area contributed by atoms with E-state index in [2.05, 4.69) is 9.55 Å². The van der Waals surface area contributed by atoms with Gasteiger partial charge in [0, 0.05) is 13.0 Å². The third-order valence-corrected chi connectivity index (χ3v) is 5.21. The van der Waals surface area contributed by atoms with E-state index in [1.54, 1.807) is 12.1 Å². The van der Waals surface area contributed by atoms with Crippen LogP contribution < -0.4 is 9.47 Å². The molecule has 0 fully saturated rings. The van der Waals surface area contributed by atoms with E-state index in [4.69, 9.17) is 9.47 Å². The van der Waals surface area contributed by atoms with Gasteiger partial charge in [0.25, 0.3) is 0 Å². The van der Waals surface area contributed by atoms with Gasteiger partial charge < -0.3 is 19.2 Å². The highest BCUT2D eigenvalue weighted by atomic mass is 16.5. The van der Waals surface area contributed by atoms with Crippen LogP contribution in [-0.4, -0.2) is 22.1 Å². The molecule has 29 heavy (non-hydrogen) atoms. The first-order valence-electron chi connectivity index (χ1n) is 9.47. The van der Waals surface area contributed by atoms with Crippen molar-refractivity contribution in [2.75, 3.05) is 6.61 Å². The number of benzene rings is 2. The molecule has 1 aliphatic heterocycles. The lowest BCUT2D eigenvalue weighted by atomic mass is 10.0. The maximum absolute atomic E-state index is 12.4. The van der Waals surface area contributed by atoms with Gasteiger partial charge in [-0.3, -0.25) is 4.79 Å². The molecule has 0 saturated heterocycles. The molecule has 0 radical (unpaired) electrons. The van der Waals surface area contributed by atoms with Gasteiger partial charge in [0.1, 0.15) is 18.2 Å². The van der Waals surface area contributed by atoms with Crippen LogP contribution in [0.15, 0.2) is 54.7 Å². The Bertz CT molecular complexity index is 1230. The highest BCUT2D eigenvalue weighted by molar-refractivity contribution is 6.00. The Morgan fingerprint density at radius 1 is 1.28 bits per heavy atom. The van der Waals surface area contributed by atoms with Gasteiger partial charge >= 0.3 is 5.97 Å². The Morgan fingerprint density at radius 2 is 2.07 bits per heavy atom. The molecule has 0 N–H and O–H groups in total. The molecule has 0 amide bonds. The van der Waals surface area contributed by atoms with Crippen LogP contribution in [0.2, 0.25) is 0 Å². The molecule has 0 unspecified atom stereocenters. The molecular weight excluding hydrogens is 370 g/mol. The predicted molar refractivity (Wildman–Crippen MR) is 106 cm³/mol. The van der Waals surface area contributed by atoms with E-state index in [1.165, 1.54) is 13.1 Å². The van der Waals surface area contributed by atoms with Crippen molar-refractivity contribution in [1.29, 1.82) is 0 Å².